The molecule has 1 heterocycles. The van der Waals surface area contributed by atoms with E-state index in [1.54, 1.807) is 0 Å². The van der Waals surface area contributed by atoms with Gasteiger partial charge < -0.3 is 9.80 Å². The normalized spacial score (nSPS) is 17.0. The highest BCUT2D eigenvalue weighted by Gasteiger charge is 2.31. The van der Waals surface area contributed by atoms with Crippen molar-refractivity contribution in [3.05, 3.63) is 65.2 Å². The lowest BCUT2D eigenvalue weighted by molar-refractivity contribution is 0.0760. The van der Waals surface area contributed by atoms with Crippen molar-refractivity contribution in [3.8, 4) is 0 Å². The summed E-state index contributed by atoms with van der Waals surface area (Å²) >= 11 is 1.85. The van der Waals surface area contributed by atoms with E-state index in [4.69, 9.17) is 0 Å². The standard InChI is InChI=1S/C24H32N2OS/c1-6-25(7-2)21-14-10-19(11-15-21)23-26(16-17-28-23)22(27)18-8-12-20(13-9-18)24(3,4)5/h8-15,23H,6-7,16-17H2,1-5H3. The van der Waals surface area contributed by atoms with Crippen molar-refractivity contribution < 1.29 is 4.79 Å². The number of carbonyl (C=O) groups excluding carboxylic acids is 1. The molecule has 0 aromatic heterocycles. The van der Waals surface area contributed by atoms with Gasteiger partial charge in [-0.2, -0.15) is 0 Å². The fraction of sp³-hybridized carbons (Fsp3) is 0.458. The largest absolute Gasteiger partial charge is 0.372 e. The summed E-state index contributed by atoms with van der Waals surface area (Å²) in [5, 5.41) is 0.0977. The number of carbonyl (C=O) groups is 1. The Hall–Kier alpha value is -1.94. The number of thioether (sulfide) groups is 1. The molecule has 0 bridgehead atoms. The molecule has 1 aliphatic heterocycles. The third-order valence-corrected chi connectivity index (χ3v) is 6.72. The molecule has 1 amide bonds. The van der Waals surface area contributed by atoms with Crippen LogP contribution >= 0.6 is 11.8 Å². The van der Waals surface area contributed by atoms with Gasteiger partial charge in [0, 0.05) is 36.6 Å². The van der Waals surface area contributed by atoms with Crippen molar-refractivity contribution in [2.75, 3.05) is 30.3 Å². The van der Waals surface area contributed by atoms with Gasteiger partial charge in [-0.3, -0.25) is 4.79 Å². The van der Waals surface area contributed by atoms with Crippen molar-refractivity contribution in [2.45, 2.75) is 45.4 Å². The van der Waals surface area contributed by atoms with Crippen LogP contribution in [-0.2, 0) is 5.41 Å². The number of rotatable bonds is 5. The highest BCUT2D eigenvalue weighted by Crippen LogP contribution is 2.39. The second-order valence-electron chi connectivity index (χ2n) is 8.31. The van der Waals surface area contributed by atoms with Crippen LogP contribution < -0.4 is 4.90 Å². The summed E-state index contributed by atoms with van der Waals surface area (Å²) in [7, 11) is 0. The summed E-state index contributed by atoms with van der Waals surface area (Å²) in [5.74, 6) is 1.11. The first kappa shape index (κ1) is 20.8. The van der Waals surface area contributed by atoms with Crippen LogP contribution in [0, 0.1) is 0 Å². The van der Waals surface area contributed by atoms with Crippen molar-refractivity contribution in [3.63, 3.8) is 0 Å². The molecule has 1 unspecified atom stereocenters. The zero-order valence-corrected chi connectivity index (χ0v) is 18.6. The smallest absolute Gasteiger partial charge is 0.255 e. The van der Waals surface area contributed by atoms with Crippen molar-refractivity contribution in [1.29, 1.82) is 0 Å². The van der Waals surface area contributed by atoms with Crippen LogP contribution in [0.4, 0.5) is 5.69 Å². The van der Waals surface area contributed by atoms with Gasteiger partial charge in [0.25, 0.3) is 5.91 Å². The first-order valence-corrected chi connectivity index (χ1v) is 11.3. The number of hydrogen-bond donors (Lipinski definition) is 0. The topological polar surface area (TPSA) is 23.6 Å². The molecule has 1 aliphatic rings. The van der Waals surface area contributed by atoms with Gasteiger partial charge in [-0.05, 0) is 54.7 Å². The van der Waals surface area contributed by atoms with E-state index in [1.807, 2.05) is 28.8 Å². The van der Waals surface area contributed by atoms with E-state index in [2.05, 4.69) is 75.9 Å². The summed E-state index contributed by atoms with van der Waals surface area (Å²) < 4.78 is 0. The molecule has 28 heavy (non-hydrogen) atoms. The van der Waals surface area contributed by atoms with Crippen LogP contribution in [0.25, 0.3) is 0 Å². The van der Waals surface area contributed by atoms with Crippen LogP contribution in [0.2, 0.25) is 0 Å². The van der Waals surface area contributed by atoms with E-state index in [9.17, 15) is 4.79 Å². The third-order valence-electron chi connectivity index (χ3n) is 5.46. The lowest BCUT2D eigenvalue weighted by Crippen LogP contribution is -2.30. The Balaban J connectivity index is 1.78. The third kappa shape index (κ3) is 4.38. The molecule has 2 aromatic carbocycles. The summed E-state index contributed by atoms with van der Waals surface area (Å²) in [6.45, 7) is 13.7. The molecule has 1 fully saturated rings. The quantitative estimate of drug-likeness (QED) is 0.646. The van der Waals surface area contributed by atoms with E-state index in [1.165, 1.54) is 16.8 Å². The molecule has 150 valence electrons. The first-order chi connectivity index (χ1) is 13.3. The molecule has 0 N–H and O–H groups in total. The van der Waals surface area contributed by atoms with E-state index < -0.39 is 0 Å². The van der Waals surface area contributed by atoms with Gasteiger partial charge in [-0.25, -0.2) is 0 Å². The number of anilines is 1. The monoisotopic (exact) mass is 396 g/mol. The number of nitrogens with zero attached hydrogens (tertiary/aromatic N) is 2. The second-order valence-corrected chi connectivity index (χ2v) is 9.50. The minimum absolute atomic E-state index is 0.0974. The van der Waals surface area contributed by atoms with Gasteiger partial charge in [0.1, 0.15) is 5.37 Å². The molecule has 0 saturated carbocycles. The van der Waals surface area contributed by atoms with Crippen molar-refractivity contribution in [1.82, 2.24) is 4.90 Å². The van der Waals surface area contributed by atoms with Crippen LogP contribution in [0.15, 0.2) is 48.5 Å². The maximum Gasteiger partial charge on any atom is 0.255 e. The Labute approximate surface area is 174 Å². The molecule has 0 aliphatic carbocycles. The van der Waals surface area contributed by atoms with Gasteiger partial charge >= 0.3 is 0 Å². The maximum atomic E-state index is 13.2. The highest BCUT2D eigenvalue weighted by molar-refractivity contribution is 7.99. The van der Waals surface area contributed by atoms with Crippen LogP contribution in [-0.4, -0.2) is 36.2 Å². The fourth-order valence-electron chi connectivity index (χ4n) is 3.67. The molecular weight excluding hydrogens is 364 g/mol. The van der Waals surface area contributed by atoms with E-state index in [0.29, 0.717) is 0 Å². The molecule has 0 radical (unpaired) electrons. The Bertz CT molecular complexity index is 789. The van der Waals surface area contributed by atoms with Gasteiger partial charge in [0.15, 0.2) is 0 Å². The number of benzene rings is 2. The molecule has 1 atom stereocenters. The Kier molecular flexibility index (Phi) is 6.39. The Morgan fingerprint density at radius 3 is 2.18 bits per heavy atom. The highest BCUT2D eigenvalue weighted by atomic mass is 32.2. The van der Waals surface area contributed by atoms with Crippen LogP contribution in [0.1, 0.15) is 61.5 Å². The maximum absolute atomic E-state index is 13.2. The van der Waals surface area contributed by atoms with E-state index in [0.717, 1.165) is 31.0 Å². The fourth-order valence-corrected chi connectivity index (χ4v) is 4.93. The minimum Gasteiger partial charge on any atom is -0.372 e. The lowest BCUT2D eigenvalue weighted by atomic mass is 9.86. The first-order valence-electron chi connectivity index (χ1n) is 10.2. The van der Waals surface area contributed by atoms with Gasteiger partial charge in [0.2, 0.25) is 0 Å². The molecule has 3 rings (SSSR count). The molecule has 4 heteroatoms. The average molecular weight is 397 g/mol. The van der Waals surface area contributed by atoms with Gasteiger partial charge in [0.05, 0.1) is 0 Å². The average Bonchev–Trinajstić information content (AvgIpc) is 3.18. The Morgan fingerprint density at radius 2 is 1.64 bits per heavy atom. The zero-order chi connectivity index (χ0) is 20.3. The van der Waals surface area contributed by atoms with Crippen LogP contribution in [0.3, 0.4) is 0 Å². The lowest BCUT2D eigenvalue weighted by Gasteiger charge is -2.26. The van der Waals surface area contributed by atoms with E-state index >= 15 is 0 Å². The Morgan fingerprint density at radius 1 is 1.04 bits per heavy atom. The minimum atomic E-state index is 0.0974. The molecular formula is C24H32N2OS. The molecule has 0 spiro atoms. The molecule has 2 aromatic rings. The number of amides is 1. The molecule has 3 nitrogen and oxygen atoms in total. The van der Waals surface area contributed by atoms with Crippen molar-refractivity contribution >= 4 is 23.4 Å². The van der Waals surface area contributed by atoms with Gasteiger partial charge in [-0.1, -0.05) is 45.0 Å². The summed E-state index contributed by atoms with van der Waals surface area (Å²) in [6.07, 6.45) is 0. The van der Waals surface area contributed by atoms with Crippen LogP contribution in [0.5, 0.6) is 0 Å². The SMILES string of the molecule is CCN(CC)c1ccc(C2SCCN2C(=O)c2ccc(C(C)(C)C)cc2)cc1. The number of hydrogen-bond acceptors (Lipinski definition) is 3. The van der Waals surface area contributed by atoms with Crippen molar-refractivity contribution in [2.24, 2.45) is 0 Å². The summed E-state index contributed by atoms with van der Waals surface area (Å²) in [5.41, 5.74) is 4.58. The van der Waals surface area contributed by atoms with E-state index in [-0.39, 0.29) is 16.7 Å². The zero-order valence-electron chi connectivity index (χ0n) is 17.7. The summed E-state index contributed by atoms with van der Waals surface area (Å²) in [6, 6.07) is 16.9. The summed E-state index contributed by atoms with van der Waals surface area (Å²) in [4.78, 5) is 17.5. The predicted octanol–water partition coefficient (Wildman–Crippen LogP) is 5.72. The second kappa shape index (κ2) is 8.60. The predicted molar refractivity (Wildman–Crippen MR) is 121 cm³/mol. The van der Waals surface area contributed by atoms with Gasteiger partial charge in [-0.15, -0.1) is 11.8 Å². The molecule has 1 saturated heterocycles.